The minimum absolute atomic E-state index is 0.196. The summed E-state index contributed by atoms with van der Waals surface area (Å²) in [6, 6.07) is 7.26. The van der Waals surface area contributed by atoms with Crippen LogP contribution in [-0.4, -0.2) is 59.6 Å². The van der Waals surface area contributed by atoms with Crippen LogP contribution >= 0.6 is 11.6 Å². The van der Waals surface area contributed by atoms with Gasteiger partial charge in [-0.1, -0.05) is 30.4 Å². The molecule has 174 valence electrons. The summed E-state index contributed by atoms with van der Waals surface area (Å²) in [4.78, 5) is 30.6. The van der Waals surface area contributed by atoms with E-state index in [-0.39, 0.29) is 29.8 Å². The third-order valence-electron chi connectivity index (χ3n) is 6.78. The fourth-order valence-electron chi connectivity index (χ4n) is 5.12. The minimum atomic E-state index is -1.44. The number of H-pyrrole nitrogens is 1. The molecular formula is C25H27ClFN3O3. The van der Waals surface area contributed by atoms with Gasteiger partial charge in [-0.25, -0.2) is 4.39 Å². The summed E-state index contributed by atoms with van der Waals surface area (Å²) in [5.74, 6) is -1.39. The molecule has 2 unspecified atom stereocenters. The highest BCUT2D eigenvalue weighted by atomic mass is 35.5. The number of alkyl halides is 2. The number of methoxy groups -OCH3 is 1. The van der Waals surface area contributed by atoms with E-state index in [0.29, 0.717) is 18.6 Å². The Morgan fingerprint density at radius 2 is 2.09 bits per heavy atom. The molecule has 1 aromatic carbocycles. The predicted molar refractivity (Wildman–Crippen MR) is 125 cm³/mol. The van der Waals surface area contributed by atoms with Crippen LogP contribution in [0.3, 0.4) is 0 Å². The van der Waals surface area contributed by atoms with Gasteiger partial charge in [-0.2, -0.15) is 0 Å². The molecule has 4 atom stereocenters. The number of para-hydroxylation sites is 1. The molecule has 1 aliphatic heterocycles. The Kier molecular flexibility index (Phi) is 6.01. The lowest BCUT2D eigenvalue weighted by molar-refractivity contribution is -0.137. The Morgan fingerprint density at radius 1 is 1.30 bits per heavy atom. The van der Waals surface area contributed by atoms with Crippen molar-refractivity contribution in [2.24, 2.45) is 5.92 Å². The van der Waals surface area contributed by atoms with E-state index in [0.717, 1.165) is 35.0 Å². The van der Waals surface area contributed by atoms with Crippen LogP contribution in [-0.2, 0) is 20.7 Å². The van der Waals surface area contributed by atoms with E-state index >= 15 is 4.39 Å². The third-order valence-corrected chi connectivity index (χ3v) is 7.01. The maximum atomic E-state index is 15.7. The standard InChI is InChI=1S/C25H27ClFN3O3/c1-33-13-16-11-19-17-4-2-3-5-21(17)29-23(19)24(30(16)22(31)12-26)18-9-6-14(10-20(18)27)25(32)28-15-7-8-15/h2-6,9-10,15-16,18,20,24,29H,7-8,11-13H2,1H3,(H,28,32)/t16-,18?,20?,24+/m1/s1. The molecular weight excluding hydrogens is 445 g/mol. The molecule has 0 bridgehead atoms. The van der Waals surface area contributed by atoms with Crippen molar-refractivity contribution in [3.63, 3.8) is 0 Å². The average Bonchev–Trinajstić information content (AvgIpc) is 3.56. The Balaban J connectivity index is 1.56. The maximum Gasteiger partial charge on any atom is 0.251 e. The Bertz CT molecular complexity index is 1140. The number of carbonyl (C=O) groups excluding carboxylic acids is 2. The number of carbonyl (C=O) groups is 2. The molecule has 2 amide bonds. The van der Waals surface area contributed by atoms with E-state index in [2.05, 4.69) is 10.3 Å². The number of aromatic nitrogens is 1. The van der Waals surface area contributed by atoms with Crippen molar-refractivity contribution in [2.45, 2.75) is 43.6 Å². The number of nitrogens with zero attached hydrogens (tertiary/aromatic N) is 1. The first-order valence-electron chi connectivity index (χ1n) is 11.3. The van der Waals surface area contributed by atoms with Crippen LogP contribution in [0.15, 0.2) is 48.1 Å². The summed E-state index contributed by atoms with van der Waals surface area (Å²) < 4.78 is 21.1. The Morgan fingerprint density at radius 3 is 2.79 bits per heavy atom. The van der Waals surface area contributed by atoms with E-state index in [1.54, 1.807) is 24.2 Å². The molecule has 2 aromatic rings. The van der Waals surface area contributed by atoms with E-state index in [4.69, 9.17) is 16.3 Å². The van der Waals surface area contributed by atoms with Crippen LogP contribution in [0.25, 0.3) is 10.9 Å². The number of nitrogens with one attached hydrogen (secondary N) is 2. The van der Waals surface area contributed by atoms with E-state index < -0.39 is 18.1 Å². The third kappa shape index (κ3) is 4.08. The fraction of sp³-hybridized carbons (Fsp3) is 0.440. The number of rotatable bonds is 6. The Hall–Kier alpha value is -2.64. The number of halogens is 2. The van der Waals surface area contributed by atoms with Gasteiger partial charge in [0.1, 0.15) is 12.1 Å². The lowest BCUT2D eigenvalue weighted by Crippen LogP contribution is -2.53. The normalized spacial score (nSPS) is 26.8. The zero-order chi connectivity index (χ0) is 23.1. The molecule has 5 rings (SSSR count). The first-order chi connectivity index (χ1) is 16.0. The topological polar surface area (TPSA) is 74.4 Å². The number of hydrogen-bond donors (Lipinski definition) is 2. The molecule has 1 saturated carbocycles. The van der Waals surface area contributed by atoms with Crippen LogP contribution in [0, 0.1) is 5.92 Å². The van der Waals surface area contributed by atoms with Crippen LogP contribution in [0.2, 0.25) is 0 Å². The van der Waals surface area contributed by atoms with Crippen LogP contribution in [0.5, 0.6) is 0 Å². The van der Waals surface area contributed by atoms with Crippen molar-refractivity contribution in [1.29, 1.82) is 0 Å². The van der Waals surface area contributed by atoms with Gasteiger partial charge in [-0.15, -0.1) is 11.6 Å². The SMILES string of the molecule is COC[C@H]1Cc2c([nH]c3ccccc23)[C@H](C2C=CC(C(=O)NC3CC3)=CC2F)N1C(=O)CCl. The second-order valence-electron chi connectivity index (χ2n) is 9.01. The summed E-state index contributed by atoms with van der Waals surface area (Å²) in [6.45, 7) is 0.316. The maximum absolute atomic E-state index is 15.7. The molecule has 0 saturated heterocycles. The second kappa shape index (κ2) is 8.95. The molecule has 6 nitrogen and oxygen atoms in total. The summed E-state index contributed by atoms with van der Waals surface area (Å²) in [7, 11) is 1.59. The van der Waals surface area contributed by atoms with Crippen molar-refractivity contribution in [2.75, 3.05) is 19.6 Å². The number of benzene rings is 1. The van der Waals surface area contributed by atoms with Gasteiger partial charge in [-0.3, -0.25) is 9.59 Å². The van der Waals surface area contributed by atoms with Gasteiger partial charge in [0.25, 0.3) is 5.91 Å². The number of aromatic amines is 1. The number of ether oxygens (including phenoxy) is 1. The molecule has 2 aliphatic carbocycles. The molecule has 0 spiro atoms. The van der Waals surface area contributed by atoms with E-state index in [1.165, 1.54) is 6.08 Å². The highest BCUT2D eigenvalue weighted by molar-refractivity contribution is 6.27. The summed E-state index contributed by atoms with van der Waals surface area (Å²) in [5.41, 5.74) is 3.15. The molecule has 1 fully saturated rings. The highest BCUT2D eigenvalue weighted by Gasteiger charge is 2.45. The molecule has 8 heteroatoms. The second-order valence-corrected chi connectivity index (χ2v) is 9.27. The van der Waals surface area contributed by atoms with Crippen LogP contribution in [0.1, 0.15) is 30.1 Å². The van der Waals surface area contributed by atoms with Gasteiger partial charge in [0.05, 0.1) is 18.7 Å². The van der Waals surface area contributed by atoms with Gasteiger partial charge in [-0.05, 0) is 37.0 Å². The van der Waals surface area contributed by atoms with Gasteiger partial charge < -0.3 is 19.9 Å². The van der Waals surface area contributed by atoms with Crippen LogP contribution < -0.4 is 5.32 Å². The van der Waals surface area contributed by atoms with Crippen LogP contribution in [0.4, 0.5) is 4.39 Å². The fourth-order valence-corrected chi connectivity index (χ4v) is 5.26. The monoisotopic (exact) mass is 471 g/mol. The molecule has 2 N–H and O–H groups in total. The lowest BCUT2D eigenvalue weighted by atomic mass is 9.80. The quantitative estimate of drug-likeness (QED) is 0.632. The van der Waals surface area contributed by atoms with Crippen molar-refractivity contribution in [3.05, 3.63) is 59.3 Å². The van der Waals surface area contributed by atoms with Gasteiger partial charge >= 0.3 is 0 Å². The Labute approximate surface area is 196 Å². The van der Waals surface area contributed by atoms with Crippen molar-refractivity contribution in [1.82, 2.24) is 15.2 Å². The first kappa shape index (κ1) is 22.2. The molecule has 0 radical (unpaired) electrons. The van der Waals surface area contributed by atoms with Gasteiger partial charge in [0.2, 0.25) is 5.91 Å². The molecule has 3 aliphatic rings. The van der Waals surface area contributed by atoms with Gasteiger partial charge in [0.15, 0.2) is 0 Å². The first-order valence-corrected chi connectivity index (χ1v) is 11.9. The lowest BCUT2D eigenvalue weighted by Gasteiger charge is -2.45. The predicted octanol–water partition coefficient (Wildman–Crippen LogP) is 3.58. The molecule has 1 aromatic heterocycles. The smallest absolute Gasteiger partial charge is 0.251 e. The van der Waals surface area contributed by atoms with Crippen molar-refractivity contribution >= 4 is 34.3 Å². The zero-order valence-electron chi connectivity index (χ0n) is 18.4. The highest BCUT2D eigenvalue weighted by Crippen LogP contribution is 2.44. The number of amides is 2. The summed E-state index contributed by atoms with van der Waals surface area (Å²) in [6.07, 6.45) is 5.84. The van der Waals surface area contributed by atoms with Crippen molar-refractivity contribution < 1.29 is 18.7 Å². The average molecular weight is 472 g/mol. The number of allylic oxidation sites excluding steroid dienone is 1. The largest absolute Gasteiger partial charge is 0.383 e. The molecule has 2 heterocycles. The minimum Gasteiger partial charge on any atom is -0.383 e. The van der Waals surface area contributed by atoms with Gasteiger partial charge in [0, 0.05) is 41.2 Å². The van der Waals surface area contributed by atoms with Crippen molar-refractivity contribution in [3.8, 4) is 0 Å². The molecule has 33 heavy (non-hydrogen) atoms. The zero-order valence-corrected chi connectivity index (χ0v) is 19.1. The number of fused-ring (bicyclic) bond motifs is 3. The summed E-state index contributed by atoms with van der Waals surface area (Å²) >= 11 is 6.00. The number of hydrogen-bond acceptors (Lipinski definition) is 3. The summed E-state index contributed by atoms with van der Waals surface area (Å²) in [5, 5.41) is 3.96. The van der Waals surface area contributed by atoms with E-state index in [1.807, 2.05) is 24.3 Å². The van der Waals surface area contributed by atoms with E-state index in [9.17, 15) is 9.59 Å².